The Labute approximate surface area is 186 Å². The third kappa shape index (κ3) is 4.51. The van der Waals surface area contributed by atoms with Gasteiger partial charge in [0.25, 0.3) is 10.0 Å². The summed E-state index contributed by atoms with van der Waals surface area (Å²) in [6.07, 6.45) is 1.46. The van der Waals surface area contributed by atoms with Crippen molar-refractivity contribution < 1.29 is 16.8 Å². The van der Waals surface area contributed by atoms with E-state index in [0.717, 1.165) is 11.1 Å². The van der Waals surface area contributed by atoms with Crippen molar-refractivity contribution in [3.05, 3.63) is 82.0 Å². The molecule has 10 heteroatoms. The lowest BCUT2D eigenvalue weighted by atomic mass is 10.0. The van der Waals surface area contributed by atoms with Crippen LogP contribution in [0.4, 0.5) is 5.69 Å². The minimum Gasteiger partial charge on any atom is -0.284 e. The Morgan fingerprint density at radius 3 is 2.48 bits per heavy atom. The van der Waals surface area contributed by atoms with Crippen LogP contribution >= 0.6 is 11.3 Å². The molecule has 0 radical (unpaired) electrons. The molecule has 4 rings (SSSR count). The monoisotopic (exact) mass is 475 g/mol. The number of rotatable bonds is 6. The molecule has 1 N–H and O–H groups in total. The molecule has 0 spiro atoms. The van der Waals surface area contributed by atoms with Crippen LogP contribution in [-0.4, -0.2) is 33.2 Å². The van der Waals surface area contributed by atoms with Crippen molar-refractivity contribution in [1.82, 2.24) is 4.41 Å². The highest BCUT2D eigenvalue weighted by Gasteiger charge is 2.38. The first-order valence-electron chi connectivity index (χ1n) is 9.44. The fourth-order valence-electron chi connectivity index (χ4n) is 3.50. The molecule has 0 aliphatic carbocycles. The highest BCUT2D eigenvalue weighted by molar-refractivity contribution is 7.92. The fraction of sp³-hybridized carbons (Fsp3) is 0.190. The summed E-state index contributed by atoms with van der Waals surface area (Å²) in [5.41, 5.74) is 2.29. The summed E-state index contributed by atoms with van der Waals surface area (Å²) in [7, 11) is -7.32. The molecular formula is C21H21N3O4S3. The summed E-state index contributed by atoms with van der Waals surface area (Å²) < 4.78 is 53.9. The molecule has 7 nitrogen and oxygen atoms in total. The first-order valence-corrected chi connectivity index (χ1v) is 13.7. The van der Waals surface area contributed by atoms with Crippen LogP contribution in [0.15, 0.2) is 76.0 Å². The van der Waals surface area contributed by atoms with Gasteiger partial charge in [0.1, 0.15) is 6.04 Å². The van der Waals surface area contributed by atoms with Gasteiger partial charge in [0.2, 0.25) is 10.0 Å². The summed E-state index contributed by atoms with van der Waals surface area (Å²) in [6, 6.07) is 17.0. The van der Waals surface area contributed by atoms with E-state index in [2.05, 4.69) is 9.82 Å². The lowest BCUT2D eigenvalue weighted by Crippen LogP contribution is -2.27. The van der Waals surface area contributed by atoms with E-state index >= 15 is 0 Å². The van der Waals surface area contributed by atoms with Crippen LogP contribution in [0.5, 0.6) is 0 Å². The second-order valence-corrected chi connectivity index (χ2v) is 11.8. The summed E-state index contributed by atoms with van der Waals surface area (Å²) in [6.45, 7) is 1.76. The number of hydrogen-bond donors (Lipinski definition) is 1. The van der Waals surface area contributed by atoms with Crippen molar-refractivity contribution >= 4 is 42.8 Å². The van der Waals surface area contributed by atoms with Gasteiger partial charge < -0.3 is 0 Å². The zero-order valence-corrected chi connectivity index (χ0v) is 19.3. The minimum atomic E-state index is -3.88. The first-order chi connectivity index (χ1) is 14.6. The van der Waals surface area contributed by atoms with Crippen LogP contribution in [0.3, 0.4) is 0 Å². The number of nitrogens with zero attached hydrogens (tertiary/aromatic N) is 2. The zero-order valence-electron chi connectivity index (χ0n) is 16.9. The van der Waals surface area contributed by atoms with Crippen LogP contribution < -0.4 is 4.72 Å². The van der Waals surface area contributed by atoms with Gasteiger partial charge in [0.15, 0.2) is 0 Å². The van der Waals surface area contributed by atoms with E-state index in [4.69, 9.17) is 0 Å². The summed E-state index contributed by atoms with van der Waals surface area (Å²) >= 11 is 1.48. The van der Waals surface area contributed by atoms with E-state index in [1.165, 1.54) is 15.8 Å². The Morgan fingerprint density at radius 2 is 1.81 bits per heavy atom. The molecule has 0 saturated carbocycles. The van der Waals surface area contributed by atoms with E-state index in [0.29, 0.717) is 28.9 Å². The quantitative estimate of drug-likeness (QED) is 0.584. The molecule has 0 bridgehead atoms. The summed E-state index contributed by atoms with van der Waals surface area (Å²) in [4.78, 5) is 1.11. The van der Waals surface area contributed by atoms with Gasteiger partial charge >= 0.3 is 0 Å². The third-order valence-electron chi connectivity index (χ3n) is 4.86. The molecule has 2 heterocycles. The van der Waals surface area contributed by atoms with Crippen molar-refractivity contribution in [2.75, 3.05) is 11.0 Å². The van der Waals surface area contributed by atoms with Gasteiger partial charge in [-0.15, -0.1) is 11.3 Å². The van der Waals surface area contributed by atoms with Crippen molar-refractivity contribution in [2.24, 2.45) is 5.10 Å². The van der Waals surface area contributed by atoms with Crippen LogP contribution in [0, 0.1) is 6.92 Å². The molecule has 0 saturated heterocycles. The Balaban J connectivity index is 1.78. The largest absolute Gasteiger partial charge is 0.284 e. The number of hydrazone groups is 1. The van der Waals surface area contributed by atoms with Crippen molar-refractivity contribution in [3.63, 3.8) is 0 Å². The topological polar surface area (TPSA) is 95.9 Å². The average molecular weight is 476 g/mol. The molecular weight excluding hydrogens is 454 g/mol. The third-order valence-corrected chi connectivity index (χ3v) is 8.28. The van der Waals surface area contributed by atoms with Crippen LogP contribution in [-0.2, 0) is 20.0 Å². The molecule has 0 unspecified atom stereocenters. The molecule has 2 aromatic carbocycles. The number of aryl methyl sites for hydroxylation is 1. The molecule has 31 heavy (non-hydrogen) atoms. The van der Waals surface area contributed by atoms with Gasteiger partial charge in [-0.2, -0.15) is 17.9 Å². The Kier molecular flexibility index (Phi) is 5.63. The highest BCUT2D eigenvalue weighted by atomic mass is 32.2. The fourth-order valence-corrected chi connectivity index (χ4v) is 6.59. The maximum atomic E-state index is 13.5. The van der Waals surface area contributed by atoms with E-state index < -0.39 is 26.1 Å². The second-order valence-electron chi connectivity index (χ2n) is 7.28. The number of benzene rings is 2. The maximum Gasteiger partial charge on any atom is 0.279 e. The lowest BCUT2D eigenvalue weighted by molar-refractivity contribution is 0.375. The maximum absolute atomic E-state index is 13.5. The minimum absolute atomic E-state index is 0.217. The van der Waals surface area contributed by atoms with Gasteiger partial charge in [0, 0.05) is 17.0 Å². The summed E-state index contributed by atoms with van der Waals surface area (Å²) in [5, 5.41) is 6.42. The van der Waals surface area contributed by atoms with Crippen LogP contribution in [0.25, 0.3) is 0 Å². The molecule has 0 fully saturated rings. The number of sulfonamides is 2. The van der Waals surface area contributed by atoms with Crippen molar-refractivity contribution in [1.29, 1.82) is 0 Å². The van der Waals surface area contributed by atoms with Crippen LogP contribution in [0.2, 0.25) is 0 Å². The summed E-state index contributed by atoms with van der Waals surface area (Å²) in [5.74, 6) is 0. The smallest absolute Gasteiger partial charge is 0.279 e. The number of hydrogen-bond acceptors (Lipinski definition) is 6. The predicted octanol–water partition coefficient (Wildman–Crippen LogP) is 3.97. The Morgan fingerprint density at radius 1 is 1.03 bits per heavy atom. The zero-order chi connectivity index (χ0) is 22.2. The SMILES string of the molecule is Cc1ccccc1S(=O)(=O)N1N=C(c2cccc(NS(C)(=O)=O)c2)C[C@@H]1c1cccs1. The first kappa shape index (κ1) is 21.5. The average Bonchev–Trinajstić information content (AvgIpc) is 3.37. The van der Waals surface area contributed by atoms with E-state index in [1.54, 1.807) is 55.5 Å². The van der Waals surface area contributed by atoms with Gasteiger partial charge in [-0.3, -0.25) is 4.72 Å². The molecule has 1 aliphatic rings. The van der Waals surface area contributed by atoms with E-state index in [-0.39, 0.29) is 4.90 Å². The molecule has 1 atom stereocenters. The molecule has 3 aromatic rings. The van der Waals surface area contributed by atoms with Gasteiger partial charge in [-0.05, 0) is 47.7 Å². The second kappa shape index (κ2) is 8.10. The predicted molar refractivity (Wildman–Crippen MR) is 123 cm³/mol. The van der Waals surface area contributed by atoms with Crippen molar-refractivity contribution in [3.8, 4) is 0 Å². The van der Waals surface area contributed by atoms with Gasteiger partial charge in [-0.1, -0.05) is 36.4 Å². The molecule has 1 aliphatic heterocycles. The number of anilines is 1. The normalized spacial score (nSPS) is 16.9. The van der Waals surface area contributed by atoms with Crippen LogP contribution in [0.1, 0.15) is 28.5 Å². The Bertz CT molecular complexity index is 1350. The molecule has 1 aromatic heterocycles. The number of thiophene rings is 1. The lowest BCUT2D eigenvalue weighted by Gasteiger charge is -2.23. The molecule has 0 amide bonds. The van der Waals surface area contributed by atoms with E-state index in [9.17, 15) is 16.8 Å². The van der Waals surface area contributed by atoms with Gasteiger partial charge in [-0.25, -0.2) is 8.42 Å². The highest BCUT2D eigenvalue weighted by Crippen LogP contribution is 2.39. The molecule has 162 valence electrons. The Hall–Kier alpha value is -2.69. The van der Waals surface area contributed by atoms with E-state index in [1.807, 2.05) is 17.5 Å². The number of nitrogens with one attached hydrogen (secondary N) is 1. The standard InChI is InChI=1S/C21H21N3O4S3/c1-15-7-3-4-11-21(15)31(27,28)24-19(20-10-6-12-29-20)14-18(22-24)16-8-5-9-17(13-16)23-30(2,25)26/h3-13,19,23H,14H2,1-2H3/t19-/m1/s1. The van der Waals surface area contributed by atoms with Gasteiger partial charge in [0.05, 0.1) is 16.9 Å². The van der Waals surface area contributed by atoms with Crippen molar-refractivity contribution in [2.45, 2.75) is 24.3 Å².